The summed E-state index contributed by atoms with van der Waals surface area (Å²) in [6, 6.07) is 6.37. The van der Waals surface area contributed by atoms with Crippen LogP contribution in [0, 0.1) is 5.92 Å². The van der Waals surface area contributed by atoms with E-state index in [4.69, 9.17) is 0 Å². The molecule has 1 aliphatic heterocycles. The van der Waals surface area contributed by atoms with Crippen LogP contribution in [-0.2, 0) is 11.3 Å². The SMILES string of the molecule is CN=C(NCc1cccc(N(C)C)n1)NC1CCN(C(=O)C2CC2)CC1.I. The highest BCUT2D eigenvalue weighted by Crippen LogP contribution is 2.31. The lowest BCUT2D eigenvalue weighted by Gasteiger charge is -2.33. The van der Waals surface area contributed by atoms with Gasteiger partial charge in [0.2, 0.25) is 5.91 Å². The normalized spacial score (nSPS) is 17.9. The molecule has 0 spiro atoms. The van der Waals surface area contributed by atoms with Gasteiger partial charge in [0, 0.05) is 46.2 Å². The topological polar surface area (TPSA) is 72.9 Å². The first-order chi connectivity index (χ1) is 12.6. The number of hydrogen-bond donors (Lipinski definition) is 2. The number of amides is 1. The Morgan fingerprint density at radius 2 is 1.96 bits per heavy atom. The van der Waals surface area contributed by atoms with E-state index < -0.39 is 0 Å². The number of aliphatic imine (C=N–C) groups is 1. The molecule has 27 heavy (non-hydrogen) atoms. The molecule has 150 valence electrons. The Labute approximate surface area is 179 Å². The van der Waals surface area contributed by atoms with Gasteiger partial charge in [-0.15, -0.1) is 24.0 Å². The second-order valence-corrected chi connectivity index (χ2v) is 7.33. The molecule has 8 heteroatoms. The van der Waals surface area contributed by atoms with Gasteiger partial charge in [-0.3, -0.25) is 9.79 Å². The minimum Gasteiger partial charge on any atom is -0.363 e. The number of carbonyl (C=O) groups excluding carboxylic acids is 1. The van der Waals surface area contributed by atoms with E-state index in [1.165, 1.54) is 0 Å². The summed E-state index contributed by atoms with van der Waals surface area (Å²) in [5.74, 6) is 2.41. The fourth-order valence-electron chi connectivity index (χ4n) is 3.21. The van der Waals surface area contributed by atoms with Crippen molar-refractivity contribution in [3.8, 4) is 0 Å². The van der Waals surface area contributed by atoms with Crippen LogP contribution in [0.15, 0.2) is 23.2 Å². The molecule has 1 amide bonds. The third-order valence-corrected chi connectivity index (χ3v) is 4.98. The fourth-order valence-corrected chi connectivity index (χ4v) is 3.21. The molecule has 1 aromatic rings. The summed E-state index contributed by atoms with van der Waals surface area (Å²) in [5.41, 5.74) is 0.976. The monoisotopic (exact) mass is 486 g/mol. The number of hydrogen-bond acceptors (Lipinski definition) is 4. The smallest absolute Gasteiger partial charge is 0.225 e. The number of nitrogens with zero attached hydrogens (tertiary/aromatic N) is 4. The molecule has 2 N–H and O–H groups in total. The van der Waals surface area contributed by atoms with Gasteiger partial charge in [0.05, 0.1) is 12.2 Å². The van der Waals surface area contributed by atoms with Gasteiger partial charge in [0.25, 0.3) is 0 Å². The Morgan fingerprint density at radius 3 is 2.56 bits per heavy atom. The summed E-state index contributed by atoms with van der Waals surface area (Å²) in [7, 11) is 5.76. The molecule has 3 rings (SSSR count). The largest absolute Gasteiger partial charge is 0.363 e. The van der Waals surface area contributed by atoms with Gasteiger partial charge < -0.3 is 20.4 Å². The second kappa shape index (κ2) is 10.1. The first kappa shape index (κ1) is 21.7. The van der Waals surface area contributed by atoms with E-state index in [2.05, 4.69) is 20.6 Å². The number of piperidine rings is 1. The minimum atomic E-state index is 0. The first-order valence-electron chi connectivity index (χ1n) is 9.46. The molecule has 2 heterocycles. The molecule has 0 radical (unpaired) electrons. The zero-order valence-electron chi connectivity index (χ0n) is 16.4. The Balaban J connectivity index is 0.00000261. The van der Waals surface area contributed by atoms with Gasteiger partial charge in [0.15, 0.2) is 5.96 Å². The third-order valence-electron chi connectivity index (χ3n) is 4.98. The summed E-state index contributed by atoms with van der Waals surface area (Å²) >= 11 is 0. The molecule has 2 aliphatic rings. The molecule has 0 atom stereocenters. The summed E-state index contributed by atoms with van der Waals surface area (Å²) in [4.78, 5) is 25.1. The zero-order valence-corrected chi connectivity index (χ0v) is 18.8. The maximum absolute atomic E-state index is 12.1. The molecule has 2 fully saturated rings. The van der Waals surface area contributed by atoms with E-state index in [0.29, 0.717) is 24.4 Å². The van der Waals surface area contributed by atoms with Crippen LogP contribution in [0.5, 0.6) is 0 Å². The summed E-state index contributed by atoms with van der Waals surface area (Å²) in [6.07, 6.45) is 4.09. The van der Waals surface area contributed by atoms with Crippen molar-refractivity contribution >= 4 is 41.7 Å². The quantitative estimate of drug-likeness (QED) is 0.378. The van der Waals surface area contributed by atoms with Gasteiger partial charge >= 0.3 is 0 Å². The van der Waals surface area contributed by atoms with Gasteiger partial charge in [-0.2, -0.15) is 0 Å². The van der Waals surface area contributed by atoms with Crippen LogP contribution in [0.3, 0.4) is 0 Å². The van der Waals surface area contributed by atoms with Crippen molar-refractivity contribution in [2.75, 3.05) is 39.1 Å². The van der Waals surface area contributed by atoms with Crippen LogP contribution in [0.25, 0.3) is 0 Å². The molecule has 1 saturated carbocycles. The van der Waals surface area contributed by atoms with Gasteiger partial charge in [-0.25, -0.2) is 4.98 Å². The average Bonchev–Trinajstić information content (AvgIpc) is 3.50. The van der Waals surface area contributed by atoms with Crippen LogP contribution in [0.1, 0.15) is 31.4 Å². The highest BCUT2D eigenvalue weighted by molar-refractivity contribution is 14.0. The molecular formula is C19H31IN6O. The summed E-state index contributed by atoms with van der Waals surface area (Å²) in [6.45, 7) is 2.31. The number of anilines is 1. The van der Waals surface area contributed by atoms with E-state index in [0.717, 1.165) is 56.2 Å². The number of nitrogens with one attached hydrogen (secondary N) is 2. The first-order valence-corrected chi connectivity index (χ1v) is 9.46. The maximum Gasteiger partial charge on any atom is 0.225 e. The van der Waals surface area contributed by atoms with E-state index in [1.54, 1.807) is 7.05 Å². The third kappa shape index (κ3) is 6.22. The van der Waals surface area contributed by atoms with Crippen LogP contribution in [0.4, 0.5) is 5.82 Å². The highest BCUT2D eigenvalue weighted by atomic mass is 127. The Kier molecular flexibility index (Phi) is 8.12. The van der Waals surface area contributed by atoms with Crippen molar-refractivity contribution in [3.05, 3.63) is 23.9 Å². The van der Waals surface area contributed by atoms with Crippen LogP contribution in [-0.4, -0.2) is 62.0 Å². The fraction of sp³-hybridized carbons (Fsp3) is 0.632. The van der Waals surface area contributed by atoms with Crippen molar-refractivity contribution in [2.24, 2.45) is 10.9 Å². The predicted octanol–water partition coefficient (Wildman–Crippen LogP) is 1.83. The van der Waals surface area contributed by atoms with Gasteiger partial charge in [0.1, 0.15) is 5.82 Å². The van der Waals surface area contributed by atoms with Crippen LogP contribution >= 0.6 is 24.0 Å². The van der Waals surface area contributed by atoms with Crippen molar-refractivity contribution in [2.45, 2.75) is 38.3 Å². The van der Waals surface area contributed by atoms with Crippen molar-refractivity contribution in [1.29, 1.82) is 0 Å². The number of guanidine groups is 1. The second-order valence-electron chi connectivity index (χ2n) is 7.33. The zero-order chi connectivity index (χ0) is 18.5. The number of pyridine rings is 1. The lowest BCUT2D eigenvalue weighted by molar-refractivity contribution is -0.133. The highest BCUT2D eigenvalue weighted by Gasteiger charge is 2.34. The number of halogens is 1. The van der Waals surface area contributed by atoms with E-state index >= 15 is 0 Å². The van der Waals surface area contributed by atoms with Gasteiger partial charge in [-0.05, 0) is 37.8 Å². The van der Waals surface area contributed by atoms with Crippen LogP contribution in [0.2, 0.25) is 0 Å². The molecule has 7 nitrogen and oxygen atoms in total. The number of rotatable bonds is 5. The van der Waals surface area contributed by atoms with Crippen LogP contribution < -0.4 is 15.5 Å². The standard InChI is InChI=1S/C19H30N6O.HI/c1-20-19(21-13-16-5-4-6-17(22-16)24(2)3)23-15-9-11-25(12-10-15)18(26)14-7-8-14;/h4-6,14-15H,7-13H2,1-3H3,(H2,20,21,23);1H. The van der Waals surface area contributed by atoms with E-state index in [-0.39, 0.29) is 24.0 Å². The Morgan fingerprint density at radius 1 is 1.26 bits per heavy atom. The molecule has 1 aromatic heterocycles. The Hall–Kier alpha value is -1.58. The summed E-state index contributed by atoms with van der Waals surface area (Å²) < 4.78 is 0. The van der Waals surface area contributed by atoms with Crippen molar-refractivity contribution < 1.29 is 4.79 Å². The predicted molar refractivity (Wildman–Crippen MR) is 120 cm³/mol. The molecule has 0 unspecified atom stereocenters. The minimum absolute atomic E-state index is 0. The van der Waals surface area contributed by atoms with Crippen molar-refractivity contribution in [1.82, 2.24) is 20.5 Å². The number of carbonyl (C=O) groups is 1. The lowest BCUT2D eigenvalue weighted by Crippen LogP contribution is -2.49. The molecule has 0 aromatic carbocycles. The number of likely N-dealkylation sites (tertiary alicyclic amines) is 1. The lowest BCUT2D eigenvalue weighted by atomic mass is 10.0. The van der Waals surface area contributed by atoms with Crippen molar-refractivity contribution in [3.63, 3.8) is 0 Å². The average molecular weight is 486 g/mol. The molecular weight excluding hydrogens is 455 g/mol. The molecule has 0 bridgehead atoms. The Bertz CT molecular complexity index is 653. The summed E-state index contributed by atoms with van der Waals surface area (Å²) in [5, 5.41) is 6.82. The molecule has 1 aliphatic carbocycles. The number of aromatic nitrogens is 1. The maximum atomic E-state index is 12.1. The van der Waals surface area contributed by atoms with Gasteiger partial charge in [-0.1, -0.05) is 6.07 Å². The molecule has 1 saturated heterocycles. The van der Waals surface area contributed by atoms with E-state index in [9.17, 15) is 4.79 Å². The van der Waals surface area contributed by atoms with E-state index in [1.807, 2.05) is 42.1 Å².